The number of carbonyl (C=O) groups is 4. The number of carboxylic acid groups (broad SMARTS) is 4. The van der Waals surface area contributed by atoms with Crippen LogP contribution in [0.15, 0.2) is 49.1 Å². The standard InChI is InChI=1S/C14H16N2O8/c17-11(18)1-5-15(6-2-12(19)20)9-10-16(7-3-13(21)22)8-4-14(23)24/h1-8H,9-10H2,(H,17,18)(H,19,20)(H,21,22)(H,23,24). The van der Waals surface area contributed by atoms with Crippen molar-refractivity contribution in [3.63, 3.8) is 0 Å². The summed E-state index contributed by atoms with van der Waals surface area (Å²) in [6.45, 7) is 0.114. The Labute approximate surface area is 136 Å². The summed E-state index contributed by atoms with van der Waals surface area (Å²) in [4.78, 5) is 44.5. The number of hydrogen-bond donors (Lipinski definition) is 4. The van der Waals surface area contributed by atoms with Crippen molar-refractivity contribution >= 4 is 23.9 Å². The summed E-state index contributed by atoms with van der Waals surface area (Å²) >= 11 is 0. The van der Waals surface area contributed by atoms with E-state index in [0.717, 1.165) is 49.1 Å². The van der Waals surface area contributed by atoms with E-state index >= 15 is 0 Å². The van der Waals surface area contributed by atoms with Gasteiger partial charge in [0, 0.05) is 62.2 Å². The van der Waals surface area contributed by atoms with E-state index in [1.807, 2.05) is 0 Å². The lowest BCUT2D eigenvalue weighted by Crippen LogP contribution is -2.24. The Kier molecular flexibility index (Phi) is 9.43. The lowest BCUT2D eigenvalue weighted by atomic mass is 10.4. The van der Waals surface area contributed by atoms with Crippen LogP contribution in [-0.2, 0) is 19.2 Å². The normalized spacial score (nSPS) is 11.5. The predicted molar refractivity (Wildman–Crippen MR) is 80.5 cm³/mol. The molecule has 0 radical (unpaired) electrons. The molecule has 0 aliphatic heterocycles. The number of rotatable bonds is 11. The third kappa shape index (κ3) is 12.2. The second-order valence-electron chi connectivity index (χ2n) is 4.09. The monoisotopic (exact) mass is 340 g/mol. The Morgan fingerprint density at radius 1 is 0.542 bits per heavy atom. The highest BCUT2D eigenvalue weighted by molar-refractivity contribution is 5.81. The molecule has 0 rings (SSSR count). The molecule has 0 spiro atoms. The molecule has 0 fully saturated rings. The molecule has 10 nitrogen and oxygen atoms in total. The zero-order chi connectivity index (χ0) is 18.5. The van der Waals surface area contributed by atoms with Gasteiger partial charge in [0.25, 0.3) is 0 Å². The van der Waals surface area contributed by atoms with Crippen molar-refractivity contribution in [2.24, 2.45) is 0 Å². The fourth-order valence-electron chi connectivity index (χ4n) is 1.27. The SMILES string of the molecule is O=C(O)C=CN(C=CC(=O)O)CCN(C=CC(=O)O)C=CC(=O)O. The molecule has 24 heavy (non-hydrogen) atoms. The maximum Gasteiger partial charge on any atom is 0.329 e. The molecule has 0 heterocycles. The van der Waals surface area contributed by atoms with Crippen LogP contribution in [-0.4, -0.2) is 67.2 Å². The molecule has 0 aliphatic rings. The zero-order valence-corrected chi connectivity index (χ0v) is 12.3. The van der Waals surface area contributed by atoms with Crippen molar-refractivity contribution in [3.8, 4) is 0 Å². The van der Waals surface area contributed by atoms with E-state index in [9.17, 15) is 19.2 Å². The highest BCUT2D eigenvalue weighted by atomic mass is 16.4. The van der Waals surface area contributed by atoms with Crippen LogP contribution in [0.1, 0.15) is 0 Å². The van der Waals surface area contributed by atoms with Crippen LogP contribution < -0.4 is 0 Å². The highest BCUT2D eigenvalue weighted by Gasteiger charge is 2.02. The van der Waals surface area contributed by atoms with E-state index in [1.165, 1.54) is 9.80 Å². The predicted octanol–water partition coefficient (Wildman–Crippen LogP) is -0.0164. The average Bonchev–Trinajstić information content (AvgIpc) is 2.47. The molecule has 0 aromatic carbocycles. The van der Waals surface area contributed by atoms with Gasteiger partial charge in [-0.05, 0) is 0 Å². The van der Waals surface area contributed by atoms with Crippen molar-refractivity contribution in [3.05, 3.63) is 49.1 Å². The van der Waals surface area contributed by atoms with Crippen LogP contribution in [0.3, 0.4) is 0 Å². The number of nitrogens with zero attached hydrogens (tertiary/aromatic N) is 2. The van der Waals surface area contributed by atoms with Gasteiger partial charge in [0.15, 0.2) is 0 Å². The molecule has 0 atom stereocenters. The van der Waals surface area contributed by atoms with Crippen LogP contribution >= 0.6 is 0 Å². The Morgan fingerprint density at radius 2 is 0.750 bits per heavy atom. The highest BCUT2D eigenvalue weighted by Crippen LogP contribution is 1.98. The van der Waals surface area contributed by atoms with Crippen molar-refractivity contribution in [1.82, 2.24) is 9.80 Å². The Morgan fingerprint density at radius 3 is 0.917 bits per heavy atom. The first-order valence-corrected chi connectivity index (χ1v) is 6.36. The zero-order valence-electron chi connectivity index (χ0n) is 12.3. The van der Waals surface area contributed by atoms with E-state index < -0.39 is 23.9 Å². The first-order valence-electron chi connectivity index (χ1n) is 6.36. The lowest BCUT2D eigenvalue weighted by molar-refractivity contribution is -0.132. The molecule has 0 saturated heterocycles. The Hall–Kier alpha value is -3.56. The van der Waals surface area contributed by atoms with Gasteiger partial charge in [-0.15, -0.1) is 0 Å². The van der Waals surface area contributed by atoms with Crippen molar-refractivity contribution in [2.45, 2.75) is 0 Å². The summed E-state index contributed by atoms with van der Waals surface area (Å²) < 4.78 is 0. The average molecular weight is 340 g/mol. The van der Waals surface area contributed by atoms with Gasteiger partial charge in [0.2, 0.25) is 0 Å². The van der Waals surface area contributed by atoms with Gasteiger partial charge < -0.3 is 30.2 Å². The number of aliphatic carboxylic acids is 4. The van der Waals surface area contributed by atoms with E-state index in [2.05, 4.69) is 0 Å². The van der Waals surface area contributed by atoms with Crippen LogP contribution in [0.4, 0.5) is 0 Å². The molecular formula is C14H16N2O8. The van der Waals surface area contributed by atoms with Crippen LogP contribution in [0.5, 0.6) is 0 Å². The minimum Gasteiger partial charge on any atom is -0.478 e. The summed E-state index contributed by atoms with van der Waals surface area (Å²) in [5, 5.41) is 34.4. The molecule has 0 aromatic rings. The molecule has 0 aliphatic carbocycles. The minimum atomic E-state index is -1.24. The molecule has 0 amide bonds. The number of hydrogen-bond acceptors (Lipinski definition) is 6. The first kappa shape index (κ1) is 20.4. The largest absolute Gasteiger partial charge is 0.478 e. The van der Waals surface area contributed by atoms with Crippen LogP contribution in [0.25, 0.3) is 0 Å². The minimum absolute atomic E-state index is 0.0570. The maximum atomic E-state index is 10.5. The van der Waals surface area contributed by atoms with Gasteiger partial charge >= 0.3 is 23.9 Å². The van der Waals surface area contributed by atoms with E-state index in [-0.39, 0.29) is 13.1 Å². The Balaban J connectivity index is 5.05. The summed E-state index contributed by atoms with van der Waals surface area (Å²) in [5.74, 6) is -4.96. The maximum absolute atomic E-state index is 10.5. The summed E-state index contributed by atoms with van der Waals surface area (Å²) in [6, 6.07) is 0. The third-order valence-electron chi connectivity index (χ3n) is 2.25. The van der Waals surface area contributed by atoms with Gasteiger partial charge in [-0.25, -0.2) is 19.2 Å². The van der Waals surface area contributed by atoms with Crippen LogP contribution in [0, 0.1) is 0 Å². The smallest absolute Gasteiger partial charge is 0.329 e. The molecule has 10 heteroatoms. The molecule has 0 saturated carbocycles. The fraction of sp³-hybridized carbons (Fsp3) is 0.143. The molecule has 0 aromatic heterocycles. The molecule has 4 N–H and O–H groups in total. The van der Waals surface area contributed by atoms with E-state index in [4.69, 9.17) is 20.4 Å². The summed E-state index contributed by atoms with van der Waals surface area (Å²) in [5.41, 5.74) is 0. The lowest BCUT2D eigenvalue weighted by Gasteiger charge is -2.20. The topological polar surface area (TPSA) is 156 Å². The van der Waals surface area contributed by atoms with Crippen molar-refractivity contribution < 1.29 is 39.6 Å². The second-order valence-corrected chi connectivity index (χ2v) is 4.09. The van der Waals surface area contributed by atoms with Crippen molar-refractivity contribution in [2.75, 3.05) is 13.1 Å². The second kappa shape index (κ2) is 11.1. The number of carboxylic acids is 4. The molecular weight excluding hydrogens is 324 g/mol. The van der Waals surface area contributed by atoms with Gasteiger partial charge in [-0.3, -0.25) is 0 Å². The van der Waals surface area contributed by atoms with Crippen LogP contribution in [0.2, 0.25) is 0 Å². The Bertz CT molecular complexity index is 492. The molecule has 0 bridgehead atoms. The fourth-order valence-corrected chi connectivity index (χ4v) is 1.27. The molecule has 0 unspecified atom stereocenters. The van der Waals surface area contributed by atoms with Gasteiger partial charge in [0.05, 0.1) is 0 Å². The van der Waals surface area contributed by atoms with E-state index in [0.29, 0.717) is 0 Å². The molecule has 130 valence electrons. The van der Waals surface area contributed by atoms with E-state index in [1.54, 1.807) is 0 Å². The summed E-state index contributed by atoms with van der Waals surface area (Å²) in [6.07, 6.45) is 7.61. The summed E-state index contributed by atoms with van der Waals surface area (Å²) in [7, 11) is 0. The third-order valence-corrected chi connectivity index (χ3v) is 2.25. The van der Waals surface area contributed by atoms with Crippen molar-refractivity contribution in [1.29, 1.82) is 0 Å². The first-order chi connectivity index (χ1) is 11.2. The van der Waals surface area contributed by atoms with Gasteiger partial charge in [-0.1, -0.05) is 0 Å². The van der Waals surface area contributed by atoms with Gasteiger partial charge in [0.1, 0.15) is 0 Å². The van der Waals surface area contributed by atoms with Gasteiger partial charge in [-0.2, -0.15) is 0 Å². The quantitative estimate of drug-likeness (QED) is 0.377.